The van der Waals surface area contributed by atoms with Crippen molar-refractivity contribution in [1.82, 2.24) is 4.98 Å². The highest BCUT2D eigenvalue weighted by molar-refractivity contribution is 5.81. The van der Waals surface area contributed by atoms with Crippen LogP contribution in [-0.2, 0) is 25.2 Å². The number of carbonyl (C=O) groups excluding carboxylic acids is 2. The third-order valence-electron chi connectivity index (χ3n) is 4.12. The Hall–Kier alpha value is -3.30. The van der Waals surface area contributed by atoms with Gasteiger partial charge in [0, 0.05) is 12.3 Å². The molecule has 0 N–H and O–H groups in total. The summed E-state index contributed by atoms with van der Waals surface area (Å²) >= 11 is 0. The molecule has 0 amide bonds. The molecule has 1 aromatic heterocycles. The van der Waals surface area contributed by atoms with Crippen LogP contribution in [-0.4, -0.2) is 35.7 Å². The van der Waals surface area contributed by atoms with Crippen molar-refractivity contribution < 1.29 is 41.7 Å². The molecule has 0 fully saturated rings. The summed E-state index contributed by atoms with van der Waals surface area (Å²) in [6.07, 6.45) is -4.25. The molecule has 174 valence electrons. The number of esters is 2. The summed E-state index contributed by atoms with van der Waals surface area (Å²) in [5.74, 6) is -0.747. The van der Waals surface area contributed by atoms with Gasteiger partial charge in [0.1, 0.15) is 11.5 Å². The van der Waals surface area contributed by atoms with Crippen LogP contribution in [0.15, 0.2) is 42.6 Å². The van der Waals surface area contributed by atoms with Crippen LogP contribution < -0.4 is 9.47 Å². The molecule has 2 unspecified atom stereocenters. The number of unbranched alkanes of at least 4 members (excludes halogenated alkanes) is 1. The third-order valence-corrected chi connectivity index (χ3v) is 4.12. The number of hydrogen-bond acceptors (Lipinski definition) is 7. The fraction of sp³-hybridized carbons (Fsp3) is 0.409. The quantitative estimate of drug-likeness (QED) is 0.371. The number of benzene rings is 1. The van der Waals surface area contributed by atoms with E-state index in [1.807, 2.05) is 6.92 Å². The van der Waals surface area contributed by atoms with Gasteiger partial charge in [-0.3, -0.25) is 0 Å². The minimum Gasteiger partial charge on any atom is -0.479 e. The molecule has 1 heterocycles. The van der Waals surface area contributed by atoms with Crippen LogP contribution in [0.3, 0.4) is 0 Å². The number of rotatable bonds is 10. The third kappa shape index (κ3) is 7.75. The standard InChI is InChI=1S/C22H24F3NO6/c1-4-5-12-29-20(27)14(2)31-21(28)15(3)30-17-7-9-18(10-8-17)32-19-11-6-16(13-26-19)22(23,24)25/h6-11,13-15H,4-5,12H2,1-3H3. The number of ether oxygens (including phenoxy) is 4. The lowest BCUT2D eigenvalue weighted by molar-refractivity contribution is -0.170. The van der Waals surface area contributed by atoms with Crippen molar-refractivity contribution in [2.24, 2.45) is 0 Å². The number of alkyl halides is 3. The Morgan fingerprint density at radius 3 is 2.19 bits per heavy atom. The molecule has 2 aromatic rings. The Morgan fingerprint density at radius 1 is 0.969 bits per heavy atom. The van der Waals surface area contributed by atoms with Crippen molar-refractivity contribution in [3.8, 4) is 17.4 Å². The van der Waals surface area contributed by atoms with E-state index in [4.69, 9.17) is 18.9 Å². The number of aromatic nitrogens is 1. The van der Waals surface area contributed by atoms with E-state index in [1.165, 1.54) is 38.1 Å². The summed E-state index contributed by atoms with van der Waals surface area (Å²) < 4.78 is 58.7. The maximum Gasteiger partial charge on any atom is 0.417 e. The Kier molecular flexibility index (Phi) is 8.86. The summed E-state index contributed by atoms with van der Waals surface area (Å²) in [7, 11) is 0. The van der Waals surface area contributed by atoms with E-state index in [0.717, 1.165) is 25.0 Å². The lowest BCUT2D eigenvalue weighted by Gasteiger charge is -2.17. The lowest BCUT2D eigenvalue weighted by Crippen LogP contribution is -2.33. The van der Waals surface area contributed by atoms with Gasteiger partial charge < -0.3 is 18.9 Å². The van der Waals surface area contributed by atoms with Crippen molar-refractivity contribution in [3.63, 3.8) is 0 Å². The van der Waals surface area contributed by atoms with Gasteiger partial charge in [-0.25, -0.2) is 14.6 Å². The molecule has 0 bridgehead atoms. The normalized spacial score (nSPS) is 13.1. The molecule has 32 heavy (non-hydrogen) atoms. The van der Waals surface area contributed by atoms with Crippen LogP contribution >= 0.6 is 0 Å². The summed E-state index contributed by atoms with van der Waals surface area (Å²) in [6.45, 7) is 5.11. The van der Waals surface area contributed by atoms with Gasteiger partial charge >= 0.3 is 18.1 Å². The van der Waals surface area contributed by atoms with Gasteiger partial charge in [-0.15, -0.1) is 0 Å². The molecule has 0 spiro atoms. The number of hydrogen-bond donors (Lipinski definition) is 0. The largest absolute Gasteiger partial charge is 0.479 e. The van der Waals surface area contributed by atoms with Crippen LogP contribution in [0.1, 0.15) is 39.2 Å². The summed E-state index contributed by atoms with van der Waals surface area (Å²) in [5.41, 5.74) is -0.877. The highest BCUT2D eigenvalue weighted by Crippen LogP contribution is 2.30. The molecule has 2 atom stereocenters. The van der Waals surface area contributed by atoms with Crippen molar-refractivity contribution in [1.29, 1.82) is 0 Å². The maximum atomic E-state index is 12.6. The molecular weight excluding hydrogens is 431 g/mol. The first-order valence-corrected chi connectivity index (χ1v) is 9.95. The van der Waals surface area contributed by atoms with E-state index in [1.54, 1.807) is 0 Å². The van der Waals surface area contributed by atoms with E-state index in [2.05, 4.69) is 4.98 Å². The van der Waals surface area contributed by atoms with E-state index in [-0.39, 0.29) is 12.5 Å². The van der Waals surface area contributed by atoms with E-state index >= 15 is 0 Å². The Bertz CT molecular complexity index is 884. The Morgan fingerprint density at radius 2 is 1.62 bits per heavy atom. The van der Waals surface area contributed by atoms with Crippen LogP contribution in [0.4, 0.5) is 13.2 Å². The maximum absolute atomic E-state index is 12.6. The molecule has 0 saturated carbocycles. The highest BCUT2D eigenvalue weighted by atomic mass is 19.4. The van der Waals surface area contributed by atoms with Crippen molar-refractivity contribution in [2.75, 3.05) is 6.61 Å². The molecule has 0 radical (unpaired) electrons. The van der Waals surface area contributed by atoms with Gasteiger partial charge in [-0.05, 0) is 50.6 Å². The second-order valence-electron chi connectivity index (χ2n) is 6.82. The second-order valence-corrected chi connectivity index (χ2v) is 6.82. The van der Waals surface area contributed by atoms with Gasteiger partial charge in [0.2, 0.25) is 5.88 Å². The minimum atomic E-state index is -4.48. The van der Waals surface area contributed by atoms with Crippen molar-refractivity contribution in [2.45, 2.75) is 52.0 Å². The zero-order valence-corrected chi connectivity index (χ0v) is 17.8. The fourth-order valence-electron chi connectivity index (χ4n) is 2.32. The number of halogens is 3. The number of nitrogens with zero attached hydrogens (tertiary/aromatic N) is 1. The first kappa shape index (κ1) is 25.0. The van der Waals surface area contributed by atoms with Crippen LogP contribution in [0.25, 0.3) is 0 Å². The first-order chi connectivity index (χ1) is 15.1. The number of carbonyl (C=O) groups is 2. The topological polar surface area (TPSA) is 84.0 Å². The van der Waals surface area contributed by atoms with Crippen molar-refractivity contribution >= 4 is 11.9 Å². The molecule has 1 aromatic carbocycles. The molecule has 2 rings (SSSR count). The summed E-state index contributed by atoms with van der Waals surface area (Å²) in [6, 6.07) is 7.99. The zero-order chi connectivity index (χ0) is 23.7. The molecule has 7 nitrogen and oxygen atoms in total. The highest BCUT2D eigenvalue weighted by Gasteiger charge is 2.30. The summed E-state index contributed by atoms with van der Waals surface area (Å²) in [5, 5.41) is 0. The molecule has 10 heteroatoms. The summed E-state index contributed by atoms with van der Waals surface area (Å²) in [4.78, 5) is 27.5. The Balaban J connectivity index is 1.86. The molecule has 0 aliphatic carbocycles. The lowest BCUT2D eigenvalue weighted by atomic mass is 10.3. The van der Waals surface area contributed by atoms with Gasteiger partial charge in [0.25, 0.3) is 0 Å². The predicted octanol–water partition coefficient (Wildman–Crippen LogP) is 4.94. The molecule has 0 aliphatic rings. The van der Waals surface area contributed by atoms with Gasteiger partial charge in [0.15, 0.2) is 12.2 Å². The zero-order valence-electron chi connectivity index (χ0n) is 17.8. The SMILES string of the molecule is CCCCOC(=O)C(C)OC(=O)C(C)Oc1ccc(Oc2ccc(C(F)(F)F)cn2)cc1. The molecule has 0 saturated heterocycles. The smallest absolute Gasteiger partial charge is 0.417 e. The van der Waals surface area contributed by atoms with Crippen LogP contribution in [0, 0.1) is 0 Å². The monoisotopic (exact) mass is 455 g/mol. The van der Waals surface area contributed by atoms with Gasteiger partial charge in [-0.1, -0.05) is 13.3 Å². The fourth-order valence-corrected chi connectivity index (χ4v) is 2.32. The van der Waals surface area contributed by atoms with Gasteiger partial charge in [0.05, 0.1) is 12.2 Å². The average Bonchev–Trinajstić information content (AvgIpc) is 2.74. The average molecular weight is 455 g/mol. The molecular formula is C22H24F3NO6. The van der Waals surface area contributed by atoms with Crippen LogP contribution in [0.2, 0.25) is 0 Å². The Labute approximate surface area is 183 Å². The number of pyridine rings is 1. The molecule has 0 aliphatic heterocycles. The van der Waals surface area contributed by atoms with E-state index in [9.17, 15) is 22.8 Å². The van der Waals surface area contributed by atoms with Crippen LogP contribution in [0.5, 0.6) is 17.4 Å². The second kappa shape index (κ2) is 11.4. The van der Waals surface area contributed by atoms with Crippen molar-refractivity contribution in [3.05, 3.63) is 48.2 Å². The minimum absolute atomic E-state index is 0.0107. The predicted molar refractivity (Wildman–Crippen MR) is 107 cm³/mol. The first-order valence-electron chi connectivity index (χ1n) is 9.95. The van der Waals surface area contributed by atoms with E-state index in [0.29, 0.717) is 17.7 Å². The van der Waals surface area contributed by atoms with Gasteiger partial charge in [-0.2, -0.15) is 13.2 Å². The van der Waals surface area contributed by atoms with E-state index < -0.39 is 35.9 Å².